The Labute approximate surface area is 182 Å². The van der Waals surface area contributed by atoms with E-state index < -0.39 is 0 Å². The Morgan fingerprint density at radius 1 is 0.839 bits per heavy atom. The first-order chi connectivity index (χ1) is 15.2. The van der Waals surface area contributed by atoms with Gasteiger partial charge in [0.15, 0.2) is 0 Å². The summed E-state index contributed by atoms with van der Waals surface area (Å²) in [4.78, 5) is 26.3. The van der Waals surface area contributed by atoms with Crippen LogP contribution in [0.4, 0.5) is 0 Å². The molecule has 3 aromatic carbocycles. The molecule has 1 heterocycles. The zero-order valence-corrected chi connectivity index (χ0v) is 17.6. The summed E-state index contributed by atoms with van der Waals surface area (Å²) in [5.41, 5.74) is 4.33. The summed E-state index contributed by atoms with van der Waals surface area (Å²) >= 11 is 0. The van der Waals surface area contributed by atoms with Gasteiger partial charge in [0.2, 0.25) is 0 Å². The summed E-state index contributed by atoms with van der Waals surface area (Å²) in [6.07, 6.45) is 5.66. The Kier molecular flexibility index (Phi) is 6.27. The first kappa shape index (κ1) is 20.6. The van der Waals surface area contributed by atoms with Crippen LogP contribution in [0.1, 0.15) is 50.8 Å². The Hall–Kier alpha value is -3.66. The number of nitrogens with zero attached hydrogens (tertiary/aromatic N) is 1. The first-order valence-corrected chi connectivity index (χ1v) is 10.6. The molecule has 3 aromatic rings. The lowest BCUT2D eigenvalue weighted by molar-refractivity contribution is 0.0652. The SMILES string of the molecule is CCOc1ccccc1C=Cc1cccc(CCCN2C(=O)c3ccccc3C2=O)c1. The molecule has 0 fully saturated rings. The maximum Gasteiger partial charge on any atom is 0.261 e. The van der Waals surface area contributed by atoms with Crippen molar-refractivity contribution >= 4 is 24.0 Å². The largest absolute Gasteiger partial charge is 0.493 e. The van der Waals surface area contributed by atoms with Crippen LogP contribution in [0.25, 0.3) is 12.2 Å². The summed E-state index contributed by atoms with van der Waals surface area (Å²) in [7, 11) is 0. The van der Waals surface area contributed by atoms with Crippen molar-refractivity contribution in [2.24, 2.45) is 0 Å². The van der Waals surface area contributed by atoms with Crippen LogP contribution in [0.3, 0.4) is 0 Å². The lowest BCUT2D eigenvalue weighted by atomic mass is 10.0. The highest BCUT2D eigenvalue weighted by atomic mass is 16.5. The second kappa shape index (κ2) is 9.43. The van der Waals surface area contributed by atoms with Crippen LogP contribution in [0, 0.1) is 0 Å². The molecule has 0 N–H and O–H groups in total. The third-order valence-electron chi connectivity index (χ3n) is 5.35. The van der Waals surface area contributed by atoms with E-state index in [1.54, 1.807) is 24.3 Å². The van der Waals surface area contributed by atoms with Crippen LogP contribution in [-0.2, 0) is 6.42 Å². The molecule has 4 rings (SSSR count). The fraction of sp³-hybridized carbons (Fsp3) is 0.185. The van der Waals surface area contributed by atoms with Crippen molar-refractivity contribution in [1.29, 1.82) is 0 Å². The highest BCUT2D eigenvalue weighted by Gasteiger charge is 2.34. The maximum absolute atomic E-state index is 12.5. The van der Waals surface area contributed by atoms with Crippen molar-refractivity contribution in [2.75, 3.05) is 13.2 Å². The first-order valence-electron chi connectivity index (χ1n) is 10.6. The summed E-state index contributed by atoms with van der Waals surface area (Å²) in [6.45, 7) is 3.04. The van der Waals surface area contributed by atoms with E-state index in [1.807, 2.05) is 37.3 Å². The van der Waals surface area contributed by atoms with E-state index >= 15 is 0 Å². The average Bonchev–Trinajstić information content (AvgIpc) is 3.04. The van der Waals surface area contributed by atoms with E-state index in [1.165, 1.54) is 10.5 Å². The second-order valence-electron chi connectivity index (χ2n) is 7.46. The number of hydrogen-bond donors (Lipinski definition) is 0. The molecule has 0 aromatic heterocycles. The van der Waals surface area contributed by atoms with Crippen molar-refractivity contribution in [3.63, 3.8) is 0 Å². The van der Waals surface area contributed by atoms with E-state index in [2.05, 4.69) is 30.4 Å². The topological polar surface area (TPSA) is 46.6 Å². The molecule has 0 spiro atoms. The minimum Gasteiger partial charge on any atom is -0.493 e. The Morgan fingerprint density at radius 3 is 2.29 bits per heavy atom. The van der Waals surface area contributed by atoms with Gasteiger partial charge >= 0.3 is 0 Å². The minimum absolute atomic E-state index is 0.190. The summed E-state index contributed by atoms with van der Waals surface area (Å²) in [6, 6.07) is 23.3. The van der Waals surface area contributed by atoms with Gasteiger partial charge in [0.25, 0.3) is 11.8 Å². The van der Waals surface area contributed by atoms with Gasteiger partial charge in [0, 0.05) is 12.1 Å². The van der Waals surface area contributed by atoms with E-state index in [0.29, 0.717) is 24.3 Å². The fourth-order valence-corrected chi connectivity index (χ4v) is 3.83. The van der Waals surface area contributed by atoms with Gasteiger partial charge in [-0.3, -0.25) is 14.5 Å². The standard InChI is InChI=1S/C27H25NO3/c1-2-31-25-15-6-3-12-22(25)17-16-21-10-7-9-20(19-21)11-8-18-28-26(29)23-13-4-5-14-24(23)27(28)30/h3-7,9-10,12-17,19H,2,8,11,18H2,1H3. The van der Waals surface area contributed by atoms with Crippen molar-refractivity contribution in [1.82, 2.24) is 4.90 Å². The Morgan fingerprint density at radius 2 is 1.55 bits per heavy atom. The summed E-state index contributed by atoms with van der Waals surface area (Å²) in [5.74, 6) is 0.494. The molecular formula is C27H25NO3. The smallest absolute Gasteiger partial charge is 0.261 e. The van der Waals surface area contributed by atoms with E-state index in [4.69, 9.17) is 4.74 Å². The molecule has 0 unspecified atom stereocenters. The minimum atomic E-state index is -0.190. The summed E-state index contributed by atoms with van der Waals surface area (Å²) < 4.78 is 5.68. The Balaban J connectivity index is 1.38. The van der Waals surface area contributed by atoms with Crippen molar-refractivity contribution in [3.8, 4) is 5.75 Å². The van der Waals surface area contributed by atoms with Crippen LogP contribution in [0.2, 0.25) is 0 Å². The van der Waals surface area contributed by atoms with Crippen LogP contribution in [0.15, 0.2) is 72.8 Å². The molecule has 0 atom stereocenters. The molecule has 4 nitrogen and oxygen atoms in total. The van der Waals surface area contributed by atoms with E-state index in [9.17, 15) is 9.59 Å². The van der Waals surface area contributed by atoms with Gasteiger partial charge in [0.05, 0.1) is 17.7 Å². The van der Waals surface area contributed by atoms with E-state index in [-0.39, 0.29) is 11.8 Å². The van der Waals surface area contributed by atoms with Crippen LogP contribution in [-0.4, -0.2) is 29.9 Å². The molecule has 0 saturated heterocycles. The molecule has 0 saturated carbocycles. The predicted octanol–water partition coefficient (Wildman–Crippen LogP) is 5.48. The monoisotopic (exact) mass is 411 g/mol. The van der Waals surface area contributed by atoms with Gasteiger partial charge in [-0.2, -0.15) is 0 Å². The van der Waals surface area contributed by atoms with Gasteiger partial charge in [-0.1, -0.05) is 66.7 Å². The molecule has 1 aliphatic heterocycles. The van der Waals surface area contributed by atoms with Crippen molar-refractivity contribution in [3.05, 3.63) is 101 Å². The quantitative estimate of drug-likeness (QED) is 0.364. The number of imide groups is 1. The van der Waals surface area contributed by atoms with Crippen molar-refractivity contribution in [2.45, 2.75) is 19.8 Å². The maximum atomic E-state index is 12.5. The number of hydrogen-bond acceptors (Lipinski definition) is 3. The van der Waals surface area contributed by atoms with Crippen molar-refractivity contribution < 1.29 is 14.3 Å². The molecule has 156 valence electrons. The third-order valence-corrected chi connectivity index (χ3v) is 5.35. The zero-order chi connectivity index (χ0) is 21.6. The number of aryl methyl sites for hydroxylation is 1. The molecule has 31 heavy (non-hydrogen) atoms. The third kappa shape index (κ3) is 4.58. The zero-order valence-electron chi connectivity index (χ0n) is 17.6. The average molecular weight is 412 g/mol. The van der Waals surface area contributed by atoms with Gasteiger partial charge in [-0.25, -0.2) is 0 Å². The molecule has 2 amide bonds. The van der Waals surface area contributed by atoms with Gasteiger partial charge in [-0.05, 0) is 49.1 Å². The van der Waals surface area contributed by atoms with Crippen LogP contribution < -0.4 is 4.74 Å². The predicted molar refractivity (Wildman–Crippen MR) is 123 cm³/mol. The van der Waals surface area contributed by atoms with E-state index in [0.717, 1.165) is 29.7 Å². The van der Waals surface area contributed by atoms with Gasteiger partial charge < -0.3 is 4.74 Å². The molecule has 0 radical (unpaired) electrons. The molecule has 0 bridgehead atoms. The van der Waals surface area contributed by atoms with Crippen LogP contribution in [0.5, 0.6) is 5.75 Å². The number of para-hydroxylation sites is 1. The van der Waals surface area contributed by atoms with Gasteiger partial charge in [-0.15, -0.1) is 0 Å². The molecule has 0 aliphatic carbocycles. The number of amides is 2. The Bertz CT molecular complexity index is 1100. The molecule has 4 heteroatoms. The lowest BCUT2D eigenvalue weighted by Gasteiger charge is -2.13. The molecular weight excluding hydrogens is 386 g/mol. The molecule has 1 aliphatic rings. The number of carbonyl (C=O) groups is 2. The normalized spacial score (nSPS) is 13.1. The number of benzene rings is 3. The summed E-state index contributed by atoms with van der Waals surface area (Å²) in [5, 5.41) is 0. The number of ether oxygens (including phenoxy) is 1. The van der Waals surface area contributed by atoms with Crippen LogP contribution >= 0.6 is 0 Å². The highest BCUT2D eigenvalue weighted by Crippen LogP contribution is 2.23. The number of carbonyl (C=O) groups excluding carboxylic acids is 2. The second-order valence-corrected chi connectivity index (χ2v) is 7.46. The fourth-order valence-electron chi connectivity index (χ4n) is 3.83. The number of fused-ring (bicyclic) bond motifs is 1. The number of rotatable bonds is 8. The highest BCUT2D eigenvalue weighted by molar-refractivity contribution is 6.21. The van der Waals surface area contributed by atoms with Gasteiger partial charge in [0.1, 0.15) is 5.75 Å². The lowest BCUT2D eigenvalue weighted by Crippen LogP contribution is -2.30.